The summed E-state index contributed by atoms with van der Waals surface area (Å²) in [6.07, 6.45) is -1.05. The lowest BCUT2D eigenvalue weighted by atomic mass is 10.1. The number of carbonyl (C=O) groups is 2. The van der Waals surface area contributed by atoms with Crippen molar-refractivity contribution in [3.63, 3.8) is 0 Å². The van der Waals surface area contributed by atoms with Crippen LogP contribution < -0.4 is 10.6 Å². The third-order valence-corrected chi connectivity index (χ3v) is 1.40. The summed E-state index contributed by atoms with van der Waals surface area (Å²) in [6.45, 7) is 1.53. The van der Waals surface area contributed by atoms with Crippen molar-refractivity contribution in [2.24, 2.45) is 5.92 Å². The van der Waals surface area contributed by atoms with Gasteiger partial charge in [0.2, 0.25) is 5.91 Å². The summed E-state index contributed by atoms with van der Waals surface area (Å²) < 4.78 is 0. The summed E-state index contributed by atoms with van der Waals surface area (Å²) in [6, 6.07) is -0.643. The molecule has 1 heterocycles. The van der Waals surface area contributed by atoms with E-state index < -0.39 is 24.1 Å². The standard InChI is InChI=1S/C5H8N2O3/c1-2-3(8)6-5(10)7-4(2)9/h2-3,8H,1H3,(H2,6,7,9,10)/t2-,3+/m0/s1. The molecule has 0 bridgehead atoms. The van der Waals surface area contributed by atoms with Crippen molar-refractivity contribution in [2.45, 2.75) is 13.2 Å². The lowest BCUT2D eigenvalue weighted by molar-refractivity contribution is -0.128. The maximum atomic E-state index is 10.7. The van der Waals surface area contributed by atoms with Crippen LogP contribution >= 0.6 is 0 Å². The minimum absolute atomic E-state index is 0.448. The van der Waals surface area contributed by atoms with Crippen LogP contribution in [0.15, 0.2) is 0 Å². The molecule has 1 fully saturated rings. The molecular weight excluding hydrogens is 136 g/mol. The highest BCUT2D eigenvalue weighted by molar-refractivity contribution is 5.98. The molecule has 5 heteroatoms. The van der Waals surface area contributed by atoms with Gasteiger partial charge in [0, 0.05) is 0 Å². The molecule has 0 aromatic carbocycles. The van der Waals surface area contributed by atoms with Gasteiger partial charge in [-0.15, -0.1) is 0 Å². The Balaban J connectivity index is 2.66. The molecule has 0 aromatic rings. The number of aliphatic hydroxyl groups excluding tert-OH is 1. The SMILES string of the molecule is C[C@@H]1C(=O)NC(=O)N[C@@H]1O. The van der Waals surface area contributed by atoms with E-state index in [0.717, 1.165) is 0 Å². The maximum Gasteiger partial charge on any atom is 0.323 e. The molecule has 2 atom stereocenters. The lowest BCUT2D eigenvalue weighted by Gasteiger charge is -2.24. The Morgan fingerprint density at radius 3 is 2.60 bits per heavy atom. The maximum absolute atomic E-state index is 10.7. The van der Waals surface area contributed by atoms with Gasteiger partial charge in [-0.05, 0) is 6.92 Å². The van der Waals surface area contributed by atoms with Crippen molar-refractivity contribution in [3.05, 3.63) is 0 Å². The number of imide groups is 1. The van der Waals surface area contributed by atoms with Crippen LogP contribution in [0.3, 0.4) is 0 Å². The Morgan fingerprint density at radius 2 is 2.10 bits per heavy atom. The quantitative estimate of drug-likeness (QED) is 0.398. The van der Waals surface area contributed by atoms with Crippen LogP contribution in [0, 0.1) is 5.92 Å². The third-order valence-electron chi connectivity index (χ3n) is 1.40. The van der Waals surface area contributed by atoms with Gasteiger partial charge in [0.1, 0.15) is 6.23 Å². The van der Waals surface area contributed by atoms with Gasteiger partial charge in [0.05, 0.1) is 5.92 Å². The zero-order chi connectivity index (χ0) is 7.72. The number of hydrogen-bond donors (Lipinski definition) is 3. The summed E-state index contributed by atoms with van der Waals surface area (Å²) in [7, 11) is 0. The Morgan fingerprint density at radius 1 is 1.50 bits per heavy atom. The first-order valence-electron chi connectivity index (χ1n) is 2.90. The van der Waals surface area contributed by atoms with Gasteiger partial charge in [0.15, 0.2) is 0 Å². The van der Waals surface area contributed by atoms with Crippen LogP contribution in [-0.4, -0.2) is 23.3 Å². The van der Waals surface area contributed by atoms with Gasteiger partial charge >= 0.3 is 6.03 Å². The van der Waals surface area contributed by atoms with E-state index in [1.165, 1.54) is 6.92 Å². The molecule has 0 aliphatic carbocycles. The number of carbonyl (C=O) groups excluding carboxylic acids is 2. The molecule has 1 aliphatic heterocycles. The van der Waals surface area contributed by atoms with Gasteiger partial charge in [-0.25, -0.2) is 4.79 Å². The molecule has 10 heavy (non-hydrogen) atoms. The van der Waals surface area contributed by atoms with E-state index in [2.05, 4.69) is 5.32 Å². The average Bonchev–Trinajstić information content (AvgIpc) is 1.82. The van der Waals surface area contributed by atoms with E-state index in [0.29, 0.717) is 0 Å². The first-order valence-corrected chi connectivity index (χ1v) is 2.90. The zero-order valence-electron chi connectivity index (χ0n) is 5.42. The van der Waals surface area contributed by atoms with E-state index in [9.17, 15) is 9.59 Å². The van der Waals surface area contributed by atoms with Crippen LogP contribution in [0.5, 0.6) is 0 Å². The van der Waals surface area contributed by atoms with E-state index in [-0.39, 0.29) is 0 Å². The predicted molar refractivity (Wildman–Crippen MR) is 31.8 cm³/mol. The van der Waals surface area contributed by atoms with Crippen molar-refractivity contribution in [1.82, 2.24) is 10.6 Å². The number of amides is 3. The van der Waals surface area contributed by atoms with Crippen LogP contribution in [-0.2, 0) is 4.79 Å². The molecular formula is C5H8N2O3. The van der Waals surface area contributed by atoms with Crippen LogP contribution in [0.2, 0.25) is 0 Å². The van der Waals surface area contributed by atoms with Gasteiger partial charge in [0.25, 0.3) is 0 Å². The molecule has 1 saturated heterocycles. The highest BCUT2D eigenvalue weighted by Gasteiger charge is 2.29. The minimum atomic E-state index is -1.05. The van der Waals surface area contributed by atoms with Gasteiger partial charge < -0.3 is 10.4 Å². The van der Waals surface area contributed by atoms with E-state index >= 15 is 0 Å². The monoisotopic (exact) mass is 144 g/mol. The summed E-state index contributed by atoms with van der Waals surface area (Å²) in [5.74, 6) is -1.02. The van der Waals surface area contributed by atoms with Crippen molar-refractivity contribution in [3.8, 4) is 0 Å². The van der Waals surface area contributed by atoms with Crippen molar-refractivity contribution in [2.75, 3.05) is 0 Å². The van der Waals surface area contributed by atoms with Crippen molar-refractivity contribution in [1.29, 1.82) is 0 Å². The number of urea groups is 1. The molecule has 0 aromatic heterocycles. The first kappa shape index (κ1) is 7.01. The smallest absolute Gasteiger partial charge is 0.323 e. The molecule has 0 radical (unpaired) electrons. The molecule has 5 nitrogen and oxygen atoms in total. The second kappa shape index (κ2) is 2.26. The van der Waals surface area contributed by atoms with Crippen LogP contribution in [0.25, 0.3) is 0 Å². The predicted octanol–water partition coefficient (Wildman–Crippen LogP) is -1.22. The van der Waals surface area contributed by atoms with E-state index in [1.54, 1.807) is 0 Å². The Hall–Kier alpha value is -1.10. The molecule has 0 saturated carbocycles. The third kappa shape index (κ3) is 1.08. The second-order valence-corrected chi connectivity index (χ2v) is 2.20. The van der Waals surface area contributed by atoms with Gasteiger partial charge in [-0.1, -0.05) is 0 Å². The fraction of sp³-hybridized carbons (Fsp3) is 0.600. The highest BCUT2D eigenvalue weighted by Crippen LogP contribution is 2.03. The fourth-order valence-electron chi connectivity index (χ4n) is 0.665. The normalized spacial score (nSPS) is 33.0. The Bertz CT molecular complexity index is 180. The topological polar surface area (TPSA) is 78.4 Å². The van der Waals surface area contributed by atoms with Gasteiger partial charge in [-0.2, -0.15) is 0 Å². The number of nitrogens with one attached hydrogen (secondary N) is 2. The summed E-state index contributed by atoms with van der Waals surface area (Å²) in [5.41, 5.74) is 0. The second-order valence-electron chi connectivity index (χ2n) is 2.20. The number of aliphatic hydroxyl groups is 1. The first-order chi connectivity index (χ1) is 4.61. The number of rotatable bonds is 0. The lowest BCUT2D eigenvalue weighted by Crippen LogP contribution is -2.57. The molecule has 1 aliphatic rings. The Labute approximate surface area is 57.4 Å². The molecule has 56 valence electrons. The largest absolute Gasteiger partial charge is 0.373 e. The molecule has 3 amide bonds. The fourth-order valence-corrected chi connectivity index (χ4v) is 0.665. The summed E-state index contributed by atoms with van der Waals surface area (Å²) in [4.78, 5) is 21.1. The zero-order valence-corrected chi connectivity index (χ0v) is 5.42. The minimum Gasteiger partial charge on any atom is -0.373 e. The summed E-state index contributed by atoms with van der Waals surface area (Å²) >= 11 is 0. The van der Waals surface area contributed by atoms with Crippen LogP contribution in [0.4, 0.5) is 4.79 Å². The average molecular weight is 144 g/mol. The van der Waals surface area contributed by atoms with Gasteiger partial charge in [-0.3, -0.25) is 10.1 Å². The van der Waals surface area contributed by atoms with E-state index in [4.69, 9.17) is 5.11 Å². The highest BCUT2D eigenvalue weighted by atomic mass is 16.3. The molecule has 1 rings (SSSR count). The van der Waals surface area contributed by atoms with Crippen molar-refractivity contribution < 1.29 is 14.7 Å². The molecule has 0 spiro atoms. The molecule has 3 N–H and O–H groups in total. The summed E-state index contributed by atoms with van der Waals surface area (Å²) in [5, 5.41) is 13.1. The Kier molecular flexibility index (Phi) is 1.58. The molecule has 0 unspecified atom stereocenters. The van der Waals surface area contributed by atoms with E-state index in [1.807, 2.05) is 5.32 Å². The van der Waals surface area contributed by atoms with Crippen molar-refractivity contribution >= 4 is 11.9 Å². The van der Waals surface area contributed by atoms with Crippen LogP contribution in [0.1, 0.15) is 6.92 Å². The number of hydrogen-bond acceptors (Lipinski definition) is 3.